The zero-order valence-electron chi connectivity index (χ0n) is 13.7. The molecule has 4 nitrogen and oxygen atoms in total. The number of aliphatic hydroxyl groups is 1. The molecule has 0 amide bonds. The highest BCUT2D eigenvalue weighted by Gasteiger charge is 2.32. The molecular weight excluding hydrogens is 324 g/mol. The second-order valence-electron chi connectivity index (χ2n) is 6.44. The Balaban J connectivity index is 1.73. The molecular formula is C19H23ClN2O2. The number of hydrogen-bond acceptors (Lipinski definition) is 4. The molecule has 0 radical (unpaired) electrons. The summed E-state index contributed by atoms with van der Waals surface area (Å²) in [4.78, 5) is 6.64. The van der Waals surface area contributed by atoms with Crippen molar-refractivity contribution >= 4 is 11.6 Å². The summed E-state index contributed by atoms with van der Waals surface area (Å²) < 4.78 is 5.39. The molecule has 0 unspecified atom stereocenters. The molecule has 128 valence electrons. The maximum absolute atomic E-state index is 10.9. The first-order valence-corrected chi connectivity index (χ1v) is 8.68. The maximum Gasteiger partial charge on any atom is 0.0818 e. The van der Waals surface area contributed by atoms with Crippen molar-refractivity contribution in [3.63, 3.8) is 0 Å². The summed E-state index contributed by atoms with van der Waals surface area (Å²) >= 11 is 5.93. The van der Waals surface area contributed by atoms with Crippen LogP contribution < -0.4 is 0 Å². The molecule has 2 aromatic rings. The molecule has 1 aromatic heterocycles. The van der Waals surface area contributed by atoms with Crippen LogP contribution in [-0.2, 0) is 17.8 Å². The van der Waals surface area contributed by atoms with E-state index in [0.717, 1.165) is 12.2 Å². The van der Waals surface area contributed by atoms with E-state index in [4.69, 9.17) is 16.3 Å². The maximum atomic E-state index is 10.9. The standard InChI is InChI=1S/C19H23ClN2O2/c20-17-6-7-18(21-12-17)14-22(13-16-4-2-1-3-5-16)15-19(23)8-10-24-11-9-19/h1-7,12,23H,8-11,13-15H2. The van der Waals surface area contributed by atoms with Crippen LogP contribution in [0.15, 0.2) is 48.7 Å². The Bertz CT molecular complexity index is 628. The highest BCUT2D eigenvalue weighted by molar-refractivity contribution is 6.30. The number of benzene rings is 1. The minimum Gasteiger partial charge on any atom is -0.388 e. The normalized spacial score (nSPS) is 17.1. The molecule has 0 bridgehead atoms. The van der Waals surface area contributed by atoms with Crippen molar-refractivity contribution in [3.05, 3.63) is 64.9 Å². The Hall–Kier alpha value is -1.46. The van der Waals surface area contributed by atoms with Crippen LogP contribution >= 0.6 is 11.6 Å². The molecule has 1 aliphatic rings. The first-order valence-electron chi connectivity index (χ1n) is 8.30. The monoisotopic (exact) mass is 346 g/mol. The lowest BCUT2D eigenvalue weighted by atomic mass is 9.93. The number of aromatic nitrogens is 1. The van der Waals surface area contributed by atoms with Crippen molar-refractivity contribution in [2.75, 3.05) is 19.8 Å². The van der Waals surface area contributed by atoms with Crippen LogP contribution in [0.1, 0.15) is 24.1 Å². The predicted molar refractivity (Wildman–Crippen MR) is 94.8 cm³/mol. The zero-order chi connectivity index (χ0) is 16.8. The molecule has 1 saturated heterocycles. The molecule has 2 heterocycles. The average Bonchev–Trinajstić information content (AvgIpc) is 2.58. The average molecular weight is 347 g/mol. The second-order valence-corrected chi connectivity index (χ2v) is 6.87. The Morgan fingerprint density at radius 3 is 2.50 bits per heavy atom. The Labute approximate surface area is 148 Å². The van der Waals surface area contributed by atoms with Crippen LogP contribution in [0.4, 0.5) is 0 Å². The van der Waals surface area contributed by atoms with E-state index in [1.165, 1.54) is 5.56 Å². The fraction of sp³-hybridized carbons (Fsp3) is 0.421. The predicted octanol–water partition coefficient (Wildman–Crippen LogP) is 3.28. The van der Waals surface area contributed by atoms with Crippen LogP contribution in [0.25, 0.3) is 0 Å². The Morgan fingerprint density at radius 2 is 1.83 bits per heavy atom. The fourth-order valence-electron chi connectivity index (χ4n) is 3.06. The molecule has 0 atom stereocenters. The lowest BCUT2D eigenvalue weighted by Gasteiger charge is -2.37. The summed E-state index contributed by atoms with van der Waals surface area (Å²) in [5.74, 6) is 0. The smallest absolute Gasteiger partial charge is 0.0818 e. The van der Waals surface area contributed by atoms with Crippen LogP contribution in [-0.4, -0.2) is 40.3 Å². The highest BCUT2D eigenvalue weighted by atomic mass is 35.5. The molecule has 0 aliphatic carbocycles. The first-order chi connectivity index (χ1) is 11.6. The summed E-state index contributed by atoms with van der Waals surface area (Å²) in [6.45, 7) is 3.29. The molecule has 5 heteroatoms. The van der Waals surface area contributed by atoms with Gasteiger partial charge in [0.1, 0.15) is 0 Å². The van der Waals surface area contributed by atoms with E-state index in [2.05, 4.69) is 22.0 Å². The van der Waals surface area contributed by atoms with Crippen molar-refractivity contribution < 1.29 is 9.84 Å². The van der Waals surface area contributed by atoms with Gasteiger partial charge in [-0.1, -0.05) is 41.9 Å². The molecule has 1 aliphatic heterocycles. The fourth-order valence-corrected chi connectivity index (χ4v) is 3.18. The topological polar surface area (TPSA) is 45.6 Å². The van der Waals surface area contributed by atoms with Crippen LogP contribution in [0.5, 0.6) is 0 Å². The number of rotatable bonds is 6. The van der Waals surface area contributed by atoms with Crippen LogP contribution in [0.3, 0.4) is 0 Å². The lowest BCUT2D eigenvalue weighted by molar-refractivity contribution is -0.0822. The largest absolute Gasteiger partial charge is 0.388 e. The van der Waals surface area contributed by atoms with Gasteiger partial charge < -0.3 is 9.84 Å². The van der Waals surface area contributed by atoms with Gasteiger partial charge in [0.25, 0.3) is 0 Å². The molecule has 1 fully saturated rings. The Kier molecular flexibility index (Phi) is 5.85. The summed E-state index contributed by atoms with van der Waals surface area (Å²) in [6, 6.07) is 14.1. The van der Waals surface area contributed by atoms with E-state index in [1.807, 2.05) is 30.3 Å². The summed E-state index contributed by atoms with van der Waals surface area (Å²) in [5, 5.41) is 11.5. The molecule has 1 aromatic carbocycles. The molecule has 0 spiro atoms. The SMILES string of the molecule is OC1(CN(Cc2ccccc2)Cc2ccc(Cl)cn2)CCOCC1. The van der Waals surface area contributed by atoms with Crippen LogP contribution in [0, 0.1) is 0 Å². The summed E-state index contributed by atoms with van der Waals surface area (Å²) in [6.07, 6.45) is 3.01. The van der Waals surface area contributed by atoms with Gasteiger partial charge in [0, 0.05) is 51.9 Å². The van der Waals surface area contributed by atoms with Gasteiger partial charge in [0.05, 0.1) is 16.3 Å². The highest BCUT2D eigenvalue weighted by Crippen LogP contribution is 2.23. The van der Waals surface area contributed by atoms with Crippen molar-refractivity contribution in [1.29, 1.82) is 0 Å². The zero-order valence-corrected chi connectivity index (χ0v) is 14.5. The number of hydrogen-bond donors (Lipinski definition) is 1. The number of nitrogens with zero attached hydrogens (tertiary/aromatic N) is 2. The van der Waals surface area contributed by atoms with Crippen molar-refractivity contribution in [1.82, 2.24) is 9.88 Å². The van der Waals surface area contributed by atoms with E-state index < -0.39 is 5.60 Å². The lowest BCUT2D eigenvalue weighted by Crippen LogP contribution is -2.46. The van der Waals surface area contributed by atoms with E-state index in [9.17, 15) is 5.11 Å². The van der Waals surface area contributed by atoms with Gasteiger partial charge in [0.15, 0.2) is 0 Å². The minimum atomic E-state index is -0.695. The second kappa shape index (κ2) is 8.08. The first kappa shape index (κ1) is 17.4. The van der Waals surface area contributed by atoms with Gasteiger partial charge in [-0.25, -0.2) is 0 Å². The van der Waals surface area contributed by atoms with Gasteiger partial charge in [-0.3, -0.25) is 9.88 Å². The molecule has 0 saturated carbocycles. The molecule has 3 rings (SSSR count). The Morgan fingerprint density at radius 1 is 1.08 bits per heavy atom. The third kappa shape index (κ3) is 5.02. The number of halogens is 1. The van der Waals surface area contributed by atoms with Gasteiger partial charge >= 0.3 is 0 Å². The molecule has 1 N–H and O–H groups in total. The minimum absolute atomic E-state index is 0.607. The van der Waals surface area contributed by atoms with Gasteiger partial charge in [-0.15, -0.1) is 0 Å². The van der Waals surface area contributed by atoms with E-state index >= 15 is 0 Å². The van der Waals surface area contributed by atoms with E-state index in [-0.39, 0.29) is 0 Å². The molecule has 24 heavy (non-hydrogen) atoms. The van der Waals surface area contributed by atoms with E-state index in [1.54, 1.807) is 6.20 Å². The number of pyridine rings is 1. The van der Waals surface area contributed by atoms with Crippen LogP contribution in [0.2, 0.25) is 5.02 Å². The van der Waals surface area contributed by atoms with Gasteiger partial charge in [-0.2, -0.15) is 0 Å². The van der Waals surface area contributed by atoms with Gasteiger partial charge in [-0.05, 0) is 17.7 Å². The quantitative estimate of drug-likeness (QED) is 0.872. The summed E-state index contributed by atoms with van der Waals surface area (Å²) in [5.41, 5.74) is 1.48. The van der Waals surface area contributed by atoms with Gasteiger partial charge in [0.2, 0.25) is 0 Å². The number of ether oxygens (including phenoxy) is 1. The third-order valence-corrected chi connectivity index (χ3v) is 4.59. The van der Waals surface area contributed by atoms with Crippen molar-refractivity contribution in [3.8, 4) is 0 Å². The van der Waals surface area contributed by atoms with Crippen molar-refractivity contribution in [2.24, 2.45) is 0 Å². The van der Waals surface area contributed by atoms with E-state index in [0.29, 0.717) is 44.2 Å². The van der Waals surface area contributed by atoms with Crippen molar-refractivity contribution in [2.45, 2.75) is 31.5 Å². The summed E-state index contributed by atoms with van der Waals surface area (Å²) in [7, 11) is 0. The third-order valence-electron chi connectivity index (χ3n) is 4.36.